The van der Waals surface area contributed by atoms with Gasteiger partial charge in [0.2, 0.25) is 0 Å². The van der Waals surface area contributed by atoms with Gasteiger partial charge in [-0.3, -0.25) is 9.69 Å². The number of amides is 1. The Bertz CT molecular complexity index is 1850. The monoisotopic (exact) mass is 664 g/mol. The first-order chi connectivity index (χ1) is 23.8. The van der Waals surface area contributed by atoms with E-state index in [9.17, 15) is 9.90 Å². The van der Waals surface area contributed by atoms with Crippen molar-refractivity contribution in [1.82, 2.24) is 9.80 Å². The van der Waals surface area contributed by atoms with Gasteiger partial charge in [-0.15, -0.1) is 0 Å². The van der Waals surface area contributed by atoms with Gasteiger partial charge in [0.25, 0.3) is 5.91 Å². The molecule has 2 saturated heterocycles. The number of ether oxygens (including phenoxy) is 1. The van der Waals surface area contributed by atoms with Crippen LogP contribution in [0.15, 0.2) is 78.9 Å². The molecule has 4 heterocycles. The van der Waals surface area contributed by atoms with Crippen LogP contribution in [0.5, 0.6) is 11.5 Å². The number of hydrogen-bond acceptors (Lipinski definition) is 6. The molecule has 9 heteroatoms. The zero-order valence-corrected chi connectivity index (χ0v) is 27.8. The number of fused-ring (bicyclic) bond motifs is 2. The minimum Gasteiger partial charge on any atom is -0.508 e. The fourth-order valence-electron chi connectivity index (χ4n) is 8.37. The van der Waals surface area contributed by atoms with E-state index in [0.29, 0.717) is 41.8 Å². The zero-order valence-electron chi connectivity index (χ0n) is 27.8. The predicted molar refractivity (Wildman–Crippen MR) is 187 cm³/mol. The fraction of sp³-hybridized carbons (Fsp3) is 0.375. The van der Waals surface area contributed by atoms with Crippen molar-refractivity contribution in [2.24, 2.45) is 5.92 Å². The van der Waals surface area contributed by atoms with Crippen molar-refractivity contribution in [1.29, 1.82) is 0 Å². The Morgan fingerprint density at radius 3 is 2.29 bits per heavy atom. The average Bonchev–Trinajstić information content (AvgIpc) is 3.39. The molecule has 254 valence electrons. The van der Waals surface area contributed by atoms with Crippen LogP contribution in [0.1, 0.15) is 57.3 Å². The van der Waals surface area contributed by atoms with Crippen molar-refractivity contribution >= 4 is 17.3 Å². The fourth-order valence-corrected chi connectivity index (χ4v) is 8.37. The predicted octanol–water partition coefficient (Wildman–Crippen LogP) is 6.60. The maximum Gasteiger partial charge on any atom is 0.254 e. The Kier molecular flexibility index (Phi) is 8.39. The second-order valence-electron chi connectivity index (χ2n) is 14.1. The Morgan fingerprint density at radius 2 is 1.53 bits per heavy atom. The van der Waals surface area contributed by atoms with Crippen LogP contribution in [0.25, 0.3) is 0 Å². The van der Waals surface area contributed by atoms with E-state index in [1.807, 2.05) is 36.4 Å². The summed E-state index contributed by atoms with van der Waals surface area (Å²) in [4.78, 5) is 20.7. The van der Waals surface area contributed by atoms with E-state index < -0.39 is 0 Å². The van der Waals surface area contributed by atoms with E-state index >= 15 is 8.78 Å². The molecule has 7 nitrogen and oxygen atoms in total. The lowest BCUT2D eigenvalue weighted by molar-refractivity contribution is 0.0816. The summed E-state index contributed by atoms with van der Waals surface area (Å²) in [6.45, 7) is 6.81. The van der Waals surface area contributed by atoms with Crippen LogP contribution in [0.2, 0.25) is 0 Å². The molecule has 0 spiro atoms. The van der Waals surface area contributed by atoms with Crippen molar-refractivity contribution in [3.8, 4) is 11.5 Å². The number of anilines is 2. The van der Waals surface area contributed by atoms with Gasteiger partial charge >= 0.3 is 0 Å². The Labute approximate surface area is 286 Å². The van der Waals surface area contributed by atoms with Gasteiger partial charge in [0.1, 0.15) is 23.1 Å². The van der Waals surface area contributed by atoms with Crippen LogP contribution in [0.3, 0.4) is 0 Å². The molecule has 4 aromatic carbocycles. The van der Waals surface area contributed by atoms with E-state index in [1.54, 1.807) is 30.1 Å². The summed E-state index contributed by atoms with van der Waals surface area (Å²) < 4.78 is 37.1. The van der Waals surface area contributed by atoms with Crippen LogP contribution in [0, 0.1) is 17.6 Å². The maximum atomic E-state index is 16.0. The van der Waals surface area contributed by atoms with Crippen LogP contribution in [0.4, 0.5) is 20.2 Å². The minimum atomic E-state index is -0.322. The number of carbonyl (C=O) groups excluding carboxylic acids is 1. The molecule has 4 aromatic rings. The summed E-state index contributed by atoms with van der Waals surface area (Å²) in [6, 6.07) is 24.4. The maximum absolute atomic E-state index is 16.0. The number of piperazine rings is 1. The number of rotatable bonds is 6. The van der Waals surface area contributed by atoms with Crippen molar-refractivity contribution in [2.45, 2.75) is 31.2 Å². The summed E-state index contributed by atoms with van der Waals surface area (Å²) in [6.07, 6.45) is 1.99. The van der Waals surface area contributed by atoms with Crippen LogP contribution in [-0.2, 0) is 6.54 Å². The highest BCUT2D eigenvalue weighted by molar-refractivity contribution is 5.98. The minimum absolute atomic E-state index is 0.0150. The second kappa shape index (κ2) is 13.0. The molecule has 1 N–H and O–H groups in total. The quantitative estimate of drug-likeness (QED) is 0.251. The molecular weight excluding hydrogens is 622 g/mol. The highest BCUT2D eigenvalue weighted by atomic mass is 19.1. The van der Waals surface area contributed by atoms with E-state index in [2.05, 4.69) is 32.9 Å². The lowest BCUT2D eigenvalue weighted by Crippen LogP contribution is -2.49. The molecule has 2 unspecified atom stereocenters. The van der Waals surface area contributed by atoms with E-state index in [1.165, 1.54) is 6.07 Å². The van der Waals surface area contributed by atoms with Crippen molar-refractivity contribution in [3.63, 3.8) is 0 Å². The number of hydrogen-bond donors (Lipinski definition) is 1. The third kappa shape index (κ3) is 6.09. The molecule has 4 aliphatic heterocycles. The number of nitrogens with zero attached hydrogens (tertiary/aromatic N) is 4. The van der Waals surface area contributed by atoms with Crippen molar-refractivity contribution < 1.29 is 23.4 Å². The van der Waals surface area contributed by atoms with E-state index in [4.69, 9.17) is 4.74 Å². The smallest absolute Gasteiger partial charge is 0.254 e. The largest absolute Gasteiger partial charge is 0.508 e. The topological polar surface area (TPSA) is 59.5 Å². The van der Waals surface area contributed by atoms with Gasteiger partial charge in [-0.05, 0) is 65.8 Å². The summed E-state index contributed by atoms with van der Waals surface area (Å²) in [7, 11) is 1.75. The standard InChI is InChI=1S/C40H42F2N4O3/c1-43-24-29-20-37(35(42)22-32(29)40(43)48)46-17-15-44(16-18-46)23-26-11-13-45(14-12-26)36-10-7-28(19-34(36)41)39-31-9-8-30(47)21-38(31)49-25-33(39)27-5-3-2-4-6-27/h2-10,19-22,26,33,39,47H,11-18,23-25H2,1H3. The lowest BCUT2D eigenvalue weighted by atomic mass is 9.76. The van der Waals surface area contributed by atoms with Gasteiger partial charge in [-0.1, -0.05) is 42.5 Å². The number of halogens is 2. The van der Waals surface area contributed by atoms with E-state index in [0.717, 1.165) is 80.9 Å². The summed E-state index contributed by atoms with van der Waals surface area (Å²) in [5.41, 5.74) is 5.62. The third-order valence-electron chi connectivity index (χ3n) is 11.1. The molecule has 0 radical (unpaired) electrons. The molecule has 2 atom stereocenters. The molecule has 4 aliphatic rings. The van der Waals surface area contributed by atoms with Gasteiger partial charge < -0.3 is 24.5 Å². The van der Waals surface area contributed by atoms with Crippen molar-refractivity contribution in [2.75, 3.05) is 69.3 Å². The second-order valence-corrected chi connectivity index (χ2v) is 14.1. The molecular formula is C40H42F2N4O3. The first-order valence-electron chi connectivity index (χ1n) is 17.4. The number of piperidine rings is 1. The molecule has 0 aliphatic carbocycles. The van der Waals surface area contributed by atoms with Crippen molar-refractivity contribution in [3.05, 3.63) is 118 Å². The SMILES string of the molecule is CN1Cc2cc(N3CCN(CC4CCN(c5ccc(C6c7ccc(O)cc7OCC6c6ccccc6)cc5F)CC4)CC3)c(F)cc2C1=O. The Balaban J connectivity index is 0.896. The molecule has 0 bridgehead atoms. The molecule has 0 aromatic heterocycles. The highest BCUT2D eigenvalue weighted by Crippen LogP contribution is 2.47. The summed E-state index contributed by atoms with van der Waals surface area (Å²) in [5, 5.41) is 10.1. The normalized spacial score (nSPS) is 21.4. The third-order valence-corrected chi connectivity index (χ3v) is 11.1. The number of benzene rings is 4. The van der Waals surface area contributed by atoms with Crippen LogP contribution < -0.4 is 14.5 Å². The Hall–Kier alpha value is -4.63. The number of phenols is 1. The molecule has 0 saturated carbocycles. The van der Waals surface area contributed by atoms with E-state index in [-0.39, 0.29) is 35.1 Å². The number of phenolic OH excluding ortho intramolecular Hbond substituents is 1. The number of carbonyl (C=O) groups is 1. The average molecular weight is 665 g/mol. The van der Waals surface area contributed by atoms with Gasteiger partial charge in [0, 0.05) is 88.4 Å². The first kappa shape index (κ1) is 31.6. The lowest BCUT2D eigenvalue weighted by Gasteiger charge is -2.40. The van der Waals surface area contributed by atoms with Gasteiger partial charge in [-0.25, -0.2) is 8.78 Å². The van der Waals surface area contributed by atoms with Gasteiger partial charge in [-0.2, -0.15) is 0 Å². The molecule has 49 heavy (non-hydrogen) atoms. The Morgan fingerprint density at radius 1 is 0.796 bits per heavy atom. The molecule has 1 amide bonds. The molecule has 8 rings (SSSR count). The molecule has 2 fully saturated rings. The summed E-state index contributed by atoms with van der Waals surface area (Å²) >= 11 is 0. The van der Waals surface area contributed by atoms with Crippen LogP contribution >= 0.6 is 0 Å². The van der Waals surface area contributed by atoms with Crippen LogP contribution in [-0.4, -0.2) is 80.3 Å². The van der Waals surface area contributed by atoms with Gasteiger partial charge in [0.15, 0.2) is 0 Å². The summed E-state index contributed by atoms with van der Waals surface area (Å²) in [5.74, 6) is 0.597. The number of aromatic hydroxyl groups is 1. The van der Waals surface area contributed by atoms with Gasteiger partial charge in [0.05, 0.1) is 18.0 Å². The first-order valence-corrected chi connectivity index (χ1v) is 17.4. The zero-order chi connectivity index (χ0) is 33.6. The highest BCUT2D eigenvalue weighted by Gasteiger charge is 2.35.